The first-order valence-corrected chi connectivity index (χ1v) is 8.87. The Morgan fingerprint density at radius 3 is 2.70 bits per heavy atom. The Labute approximate surface area is 140 Å². The molecule has 0 aliphatic heterocycles. The van der Waals surface area contributed by atoms with Gasteiger partial charge in [-0.15, -0.1) is 0 Å². The molecule has 1 aromatic carbocycles. The summed E-state index contributed by atoms with van der Waals surface area (Å²) in [5.74, 6) is 1.77. The molecule has 2 heterocycles. The van der Waals surface area contributed by atoms with E-state index in [-0.39, 0.29) is 0 Å². The second kappa shape index (κ2) is 7.92. The first-order chi connectivity index (χ1) is 11.4. The molecule has 0 saturated heterocycles. The molecule has 118 valence electrons. The summed E-state index contributed by atoms with van der Waals surface area (Å²) in [6.45, 7) is 3.13. The number of nitrogens with one attached hydrogen (secondary N) is 1. The maximum absolute atomic E-state index is 4.71. The molecule has 3 aromatic rings. The Morgan fingerprint density at radius 2 is 1.87 bits per heavy atom. The lowest BCUT2D eigenvalue weighted by Gasteiger charge is -2.10. The van der Waals surface area contributed by atoms with Gasteiger partial charge in [0.2, 0.25) is 0 Å². The maximum atomic E-state index is 4.71. The number of para-hydroxylation sites is 1. The minimum atomic E-state index is 0.805. The van der Waals surface area contributed by atoms with Crippen LogP contribution in [0.3, 0.4) is 0 Å². The lowest BCUT2D eigenvalue weighted by atomic mass is 10.2. The maximum Gasteiger partial charge on any atom is 0.190 e. The van der Waals surface area contributed by atoms with Crippen molar-refractivity contribution in [3.05, 3.63) is 54.4 Å². The van der Waals surface area contributed by atoms with Crippen LogP contribution in [0.2, 0.25) is 0 Å². The van der Waals surface area contributed by atoms with E-state index in [0.29, 0.717) is 0 Å². The number of aromatic nitrogens is 3. The van der Waals surface area contributed by atoms with E-state index in [2.05, 4.69) is 28.3 Å². The van der Waals surface area contributed by atoms with Gasteiger partial charge in [-0.05, 0) is 36.2 Å². The molecule has 5 heteroatoms. The summed E-state index contributed by atoms with van der Waals surface area (Å²) in [5, 5.41) is 5.34. The normalized spacial score (nSPS) is 10.8. The first-order valence-electron chi connectivity index (χ1n) is 7.89. The molecule has 1 N–H and O–H groups in total. The molecule has 0 amide bonds. The fraction of sp³-hybridized carbons (Fsp3) is 0.278. The molecule has 0 aliphatic rings. The summed E-state index contributed by atoms with van der Waals surface area (Å²) in [6, 6.07) is 12.2. The van der Waals surface area contributed by atoms with Crippen molar-refractivity contribution in [2.24, 2.45) is 0 Å². The summed E-state index contributed by atoms with van der Waals surface area (Å²) in [4.78, 5) is 13.4. The number of thioether (sulfide) groups is 1. The molecule has 0 radical (unpaired) electrons. The van der Waals surface area contributed by atoms with Crippen LogP contribution in [0.4, 0.5) is 5.82 Å². The van der Waals surface area contributed by atoms with Gasteiger partial charge in [0.05, 0.1) is 5.52 Å². The van der Waals surface area contributed by atoms with Gasteiger partial charge in [-0.3, -0.25) is 4.98 Å². The fourth-order valence-corrected chi connectivity index (χ4v) is 3.07. The SMILES string of the molecule is CCCCNc1nc(SCc2ccncc2)nc2ccccc12. The van der Waals surface area contributed by atoms with Gasteiger partial charge >= 0.3 is 0 Å². The van der Waals surface area contributed by atoms with E-state index >= 15 is 0 Å². The highest BCUT2D eigenvalue weighted by Gasteiger charge is 2.08. The number of hydrogen-bond donors (Lipinski definition) is 1. The fourth-order valence-electron chi connectivity index (χ4n) is 2.27. The molecular weight excluding hydrogens is 304 g/mol. The molecule has 0 unspecified atom stereocenters. The van der Waals surface area contributed by atoms with Crippen molar-refractivity contribution >= 4 is 28.5 Å². The summed E-state index contributed by atoms with van der Waals surface area (Å²) in [6.07, 6.45) is 5.93. The number of rotatable bonds is 7. The van der Waals surface area contributed by atoms with Gasteiger partial charge in [-0.2, -0.15) is 0 Å². The van der Waals surface area contributed by atoms with Gasteiger partial charge in [-0.25, -0.2) is 9.97 Å². The van der Waals surface area contributed by atoms with Crippen molar-refractivity contribution < 1.29 is 0 Å². The Balaban J connectivity index is 1.82. The van der Waals surface area contributed by atoms with Crippen molar-refractivity contribution in [2.75, 3.05) is 11.9 Å². The van der Waals surface area contributed by atoms with Crippen molar-refractivity contribution in [1.82, 2.24) is 15.0 Å². The summed E-state index contributed by atoms with van der Waals surface area (Å²) < 4.78 is 0. The zero-order valence-electron chi connectivity index (χ0n) is 13.2. The van der Waals surface area contributed by atoms with Crippen molar-refractivity contribution in [3.63, 3.8) is 0 Å². The average molecular weight is 324 g/mol. The molecule has 3 rings (SSSR count). The van der Waals surface area contributed by atoms with Crippen LogP contribution in [0.15, 0.2) is 53.9 Å². The highest BCUT2D eigenvalue weighted by molar-refractivity contribution is 7.98. The second-order valence-corrected chi connectivity index (χ2v) is 6.24. The van der Waals surface area contributed by atoms with Crippen molar-refractivity contribution in [1.29, 1.82) is 0 Å². The van der Waals surface area contributed by atoms with Crippen LogP contribution >= 0.6 is 11.8 Å². The number of unbranched alkanes of at least 4 members (excludes halogenated alkanes) is 1. The summed E-state index contributed by atoms with van der Waals surface area (Å²) in [5.41, 5.74) is 2.21. The molecule has 0 bridgehead atoms. The van der Waals surface area contributed by atoms with Crippen LogP contribution in [0.25, 0.3) is 10.9 Å². The van der Waals surface area contributed by atoms with E-state index in [1.54, 1.807) is 11.8 Å². The van der Waals surface area contributed by atoms with Gasteiger partial charge in [-0.1, -0.05) is 37.2 Å². The average Bonchev–Trinajstić information content (AvgIpc) is 2.61. The Morgan fingerprint density at radius 1 is 1.04 bits per heavy atom. The predicted octanol–water partition coefficient (Wildman–Crippen LogP) is 4.53. The van der Waals surface area contributed by atoms with E-state index in [0.717, 1.165) is 40.6 Å². The molecule has 0 atom stereocenters. The molecular formula is C18H20N4S. The predicted molar refractivity (Wildman–Crippen MR) is 96.7 cm³/mol. The lowest BCUT2D eigenvalue weighted by Crippen LogP contribution is -2.05. The minimum absolute atomic E-state index is 0.805. The van der Waals surface area contributed by atoms with Crippen LogP contribution in [-0.2, 0) is 5.75 Å². The quantitative estimate of drug-likeness (QED) is 0.393. The topological polar surface area (TPSA) is 50.7 Å². The minimum Gasteiger partial charge on any atom is -0.369 e. The van der Waals surface area contributed by atoms with Crippen LogP contribution in [0.5, 0.6) is 0 Å². The number of anilines is 1. The molecule has 0 aliphatic carbocycles. The van der Waals surface area contributed by atoms with Crippen LogP contribution in [0, 0.1) is 0 Å². The van der Waals surface area contributed by atoms with Crippen molar-refractivity contribution in [2.45, 2.75) is 30.7 Å². The van der Waals surface area contributed by atoms with Crippen LogP contribution in [0.1, 0.15) is 25.3 Å². The largest absolute Gasteiger partial charge is 0.369 e. The van der Waals surface area contributed by atoms with E-state index in [9.17, 15) is 0 Å². The first kappa shape index (κ1) is 15.7. The van der Waals surface area contributed by atoms with Crippen molar-refractivity contribution in [3.8, 4) is 0 Å². The number of fused-ring (bicyclic) bond motifs is 1. The lowest BCUT2D eigenvalue weighted by molar-refractivity contribution is 0.828. The Bertz CT molecular complexity index is 761. The third-order valence-electron chi connectivity index (χ3n) is 3.52. The zero-order chi connectivity index (χ0) is 15.9. The van der Waals surface area contributed by atoms with E-state index < -0.39 is 0 Å². The van der Waals surface area contributed by atoms with Gasteiger partial charge in [0.1, 0.15) is 5.82 Å². The monoisotopic (exact) mass is 324 g/mol. The van der Waals surface area contributed by atoms with Gasteiger partial charge < -0.3 is 5.32 Å². The van der Waals surface area contributed by atoms with Gasteiger partial charge in [0.15, 0.2) is 5.16 Å². The highest BCUT2D eigenvalue weighted by Crippen LogP contribution is 2.26. The molecule has 0 fully saturated rings. The third kappa shape index (κ3) is 4.20. The number of hydrogen-bond acceptors (Lipinski definition) is 5. The highest BCUT2D eigenvalue weighted by atomic mass is 32.2. The van der Waals surface area contributed by atoms with Gasteiger partial charge in [0, 0.05) is 30.1 Å². The Hall–Kier alpha value is -2.14. The summed E-state index contributed by atoms with van der Waals surface area (Å²) in [7, 11) is 0. The van der Waals surface area contributed by atoms with Crippen LogP contribution < -0.4 is 5.32 Å². The molecule has 0 saturated carbocycles. The number of nitrogens with zero attached hydrogens (tertiary/aromatic N) is 3. The molecule has 0 spiro atoms. The second-order valence-electron chi connectivity index (χ2n) is 5.30. The molecule has 23 heavy (non-hydrogen) atoms. The molecule has 2 aromatic heterocycles. The smallest absolute Gasteiger partial charge is 0.190 e. The molecule has 4 nitrogen and oxygen atoms in total. The number of benzene rings is 1. The van der Waals surface area contributed by atoms with E-state index in [1.807, 2.05) is 42.7 Å². The number of pyridine rings is 1. The third-order valence-corrected chi connectivity index (χ3v) is 4.44. The summed E-state index contributed by atoms with van der Waals surface area (Å²) >= 11 is 1.65. The van der Waals surface area contributed by atoms with Crippen LogP contribution in [-0.4, -0.2) is 21.5 Å². The zero-order valence-corrected chi connectivity index (χ0v) is 14.0. The van der Waals surface area contributed by atoms with Gasteiger partial charge in [0.25, 0.3) is 0 Å². The standard InChI is InChI=1S/C18H20N4S/c1-2-3-10-20-17-15-6-4-5-7-16(15)21-18(22-17)23-13-14-8-11-19-12-9-14/h4-9,11-12H,2-3,10,13H2,1H3,(H,20,21,22). The Kier molecular flexibility index (Phi) is 5.42. The van der Waals surface area contributed by atoms with E-state index in [4.69, 9.17) is 4.98 Å². The van der Waals surface area contributed by atoms with E-state index in [1.165, 1.54) is 12.0 Å².